The molecule has 0 atom stereocenters. The molecule has 2 aromatic heterocycles. The molecule has 124 valence electrons. The van der Waals surface area contributed by atoms with Gasteiger partial charge in [0.25, 0.3) is 0 Å². The molecule has 23 heavy (non-hydrogen) atoms. The van der Waals surface area contributed by atoms with Crippen LogP contribution in [0.25, 0.3) is 5.82 Å². The highest BCUT2D eigenvalue weighted by atomic mass is 16.5. The van der Waals surface area contributed by atoms with Crippen LogP contribution in [0.15, 0.2) is 42.0 Å². The van der Waals surface area contributed by atoms with E-state index in [1.807, 2.05) is 36.7 Å². The van der Waals surface area contributed by atoms with Gasteiger partial charge in [0.2, 0.25) is 0 Å². The van der Waals surface area contributed by atoms with E-state index in [2.05, 4.69) is 25.6 Å². The normalized spacial score (nSPS) is 11.5. The number of aromatic nitrogens is 3. The van der Waals surface area contributed by atoms with E-state index < -0.39 is 0 Å². The molecule has 0 aromatic carbocycles. The van der Waals surface area contributed by atoms with Crippen LogP contribution in [0.2, 0.25) is 0 Å². The van der Waals surface area contributed by atoms with Crippen LogP contribution < -0.4 is 10.6 Å². The zero-order valence-electron chi connectivity index (χ0n) is 13.7. The van der Waals surface area contributed by atoms with Crippen molar-refractivity contribution >= 4 is 5.96 Å². The van der Waals surface area contributed by atoms with E-state index in [-0.39, 0.29) is 0 Å². The third-order valence-electron chi connectivity index (χ3n) is 3.09. The molecule has 0 radical (unpaired) electrons. The van der Waals surface area contributed by atoms with E-state index in [1.54, 1.807) is 18.7 Å². The van der Waals surface area contributed by atoms with Gasteiger partial charge in [0.05, 0.1) is 13.2 Å². The number of guanidine groups is 1. The Labute approximate surface area is 136 Å². The highest BCUT2D eigenvalue weighted by Crippen LogP contribution is 2.07. The Morgan fingerprint density at radius 1 is 1.30 bits per heavy atom. The number of ether oxygens (including phenoxy) is 1. The molecule has 7 heteroatoms. The zero-order valence-corrected chi connectivity index (χ0v) is 13.7. The number of hydrogen-bond donors (Lipinski definition) is 2. The average Bonchev–Trinajstić information content (AvgIpc) is 3.11. The summed E-state index contributed by atoms with van der Waals surface area (Å²) in [4.78, 5) is 13.0. The number of imidazole rings is 1. The Morgan fingerprint density at radius 2 is 2.22 bits per heavy atom. The first kappa shape index (κ1) is 17.0. The van der Waals surface area contributed by atoms with Crippen molar-refractivity contribution in [3.05, 3.63) is 42.6 Å². The highest BCUT2D eigenvalue weighted by molar-refractivity contribution is 5.79. The van der Waals surface area contributed by atoms with Crippen molar-refractivity contribution in [1.82, 2.24) is 25.2 Å². The molecule has 2 heterocycles. The van der Waals surface area contributed by atoms with Gasteiger partial charge >= 0.3 is 0 Å². The summed E-state index contributed by atoms with van der Waals surface area (Å²) in [6.07, 6.45) is 7.12. The van der Waals surface area contributed by atoms with Gasteiger partial charge in [0.15, 0.2) is 5.96 Å². The molecule has 2 aromatic rings. The van der Waals surface area contributed by atoms with E-state index in [0.29, 0.717) is 13.2 Å². The number of rotatable bonds is 8. The molecule has 2 rings (SSSR count). The summed E-state index contributed by atoms with van der Waals surface area (Å²) >= 11 is 0. The topological polar surface area (TPSA) is 76.4 Å². The highest BCUT2D eigenvalue weighted by Gasteiger charge is 2.01. The smallest absolute Gasteiger partial charge is 0.191 e. The molecule has 0 bridgehead atoms. The zero-order chi connectivity index (χ0) is 16.3. The minimum atomic E-state index is 0.578. The molecule has 0 amide bonds. The van der Waals surface area contributed by atoms with Crippen LogP contribution in [0.5, 0.6) is 0 Å². The minimum Gasteiger partial charge on any atom is -0.380 e. The summed E-state index contributed by atoms with van der Waals surface area (Å²) in [5, 5.41) is 6.48. The maximum atomic E-state index is 5.32. The Hall–Kier alpha value is -2.41. The minimum absolute atomic E-state index is 0.578. The third-order valence-corrected chi connectivity index (χ3v) is 3.09. The number of pyridine rings is 1. The van der Waals surface area contributed by atoms with Gasteiger partial charge in [0.1, 0.15) is 12.1 Å². The average molecular weight is 316 g/mol. The Balaban J connectivity index is 1.96. The lowest BCUT2D eigenvalue weighted by Crippen LogP contribution is -2.39. The predicted molar refractivity (Wildman–Crippen MR) is 90.7 cm³/mol. The van der Waals surface area contributed by atoms with Gasteiger partial charge in [-0.25, -0.2) is 15.0 Å². The fraction of sp³-hybridized carbons (Fsp3) is 0.438. The van der Waals surface area contributed by atoms with Crippen molar-refractivity contribution in [2.45, 2.75) is 20.4 Å². The second kappa shape index (κ2) is 9.58. The van der Waals surface area contributed by atoms with Gasteiger partial charge in [-0.15, -0.1) is 0 Å². The van der Waals surface area contributed by atoms with E-state index in [9.17, 15) is 0 Å². The van der Waals surface area contributed by atoms with Crippen LogP contribution in [0, 0.1) is 0 Å². The number of hydrogen-bond acceptors (Lipinski definition) is 4. The molecule has 0 saturated heterocycles. The van der Waals surface area contributed by atoms with Gasteiger partial charge in [-0.2, -0.15) is 0 Å². The monoisotopic (exact) mass is 316 g/mol. The van der Waals surface area contributed by atoms with Crippen LogP contribution >= 0.6 is 0 Å². The molecule has 0 aliphatic rings. The Kier molecular flexibility index (Phi) is 7.06. The second-order valence-electron chi connectivity index (χ2n) is 4.81. The molecule has 0 saturated carbocycles. The quantitative estimate of drug-likeness (QED) is 0.437. The Bertz CT molecular complexity index is 596. The van der Waals surface area contributed by atoms with Gasteiger partial charge in [-0.05, 0) is 31.5 Å². The molecule has 0 aliphatic heterocycles. The largest absolute Gasteiger partial charge is 0.380 e. The van der Waals surface area contributed by atoms with Crippen LogP contribution in [-0.4, -0.2) is 46.8 Å². The lowest BCUT2D eigenvalue weighted by molar-refractivity contribution is 0.152. The van der Waals surface area contributed by atoms with E-state index in [1.165, 1.54) is 0 Å². The maximum Gasteiger partial charge on any atom is 0.191 e. The molecule has 0 aliphatic carbocycles. The molecule has 0 unspecified atom stereocenters. The van der Waals surface area contributed by atoms with E-state index >= 15 is 0 Å². The number of nitrogens with one attached hydrogen (secondary N) is 2. The van der Waals surface area contributed by atoms with E-state index in [0.717, 1.165) is 37.0 Å². The maximum absolute atomic E-state index is 5.32. The molecule has 0 fully saturated rings. The van der Waals surface area contributed by atoms with Crippen molar-refractivity contribution in [3.8, 4) is 5.82 Å². The third kappa shape index (κ3) is 5.71. The second-order valence-corrected chi connectivity index (χ2v) is 4.81. The van der Waals surface area contributed by atoms with Crippen LogP contribution in [0.1, 0.15) is 19.4 Å². The van der Waals surface area contributed by atoms with Crippen molar-refractivity contribution < 1.29 is 4.74 Å². The van der Waals surface area contributed by atoms with Gasteiger partial charge in [-0.1, -0.05) is 0 Å². The summed E-state index contributed by atoms with van der Waals surface area (Å²) in [5.74, 6) is 1.62. The van der Waals surface area contributed by atoms with Crippen molar-refractivity contribution in [1.29, 1.82) is 0 Å². The van der Waals surface area contributed by atoms with Crippen molar-refractivity contribution in [3.63, 3.8) is 0 Å². The van der Waals surface area contributed by atoms with Gasteiger partial charge in [-0.3, -0.25) is 4.57 Å². The lowest BCUT2D eigenvalue weighted by Gasteiger charge is -2.11. The van der Waals surface area contributed by atoms with E-state index in [4.69, 9.17) is 4.74 Å². The standard InChI is InChI=1S/C16H24N6O/c1-3-18-16(20-8-10-23-4-2)21-12-14-5-6-19-15(11-14)22-9-7-17-13-22/h5-7,9,11,13H,3-4,8,10,12H2,1-2H3,(H2,18,20,21). The first-order chi connectivity index (χ1) is 11.3. The summed E-state index contributed by atoms with van der Waals surface area (Å²) in [7, 11) is 0. The summed E-state index contributed by atoms with van der Waals surface area (Å²) < 4.78 is 7.19. The summed E-state index contributed by atoms with van der Waals surface area (Å²) in [6, 6.07) is 3.97. The predicted octanol–water partition coefficient (Wildman–Crippen LogP) is 1.36. The Morgan fingerprint density at radius 3 is 2.96 bits per heavy atom. The fourth-order valence-electron chi connectivity index (χ4n) is 1.99. The van der Waals surface area contributed by atoms with Crippen LogP contribution in [-0.2, 0) is 11.3 Å². The lowest BCUT2D eigenvalue weighted by atomic mass is 10.2. The van der Waals surface area contributed by atoms with Crippen molar-refractivity contribution in [2.75, 3.05) is 26.3 Å². The summed E-state index contributed by atoms with van der Waals surface area (Å²) in [5.41, 5.74) is 1.09. The molecule has 2 N–H and O–H groups in total. The molecule has 7 nitrogen and oxygen atoms in total. The first-order valence-electron chi connectivity index (χ1n) is 7.86. The first-order valence-corrected chi connectivity index (χ1v) is 7.86. The van der Waals surface area contributed by atoms with Crippen LogP contribution in [0.3, 0.4) is 0 Å². The van der Waals surface area contributed by atoms with Gasteiger partial charge in [0, 0.05) is 38.3 Å². The number of aliphatic imine (C=N–C) groups is 1. The summed E-state index contributed by atoms with van der Waals surface area (Å²) in [6.45, 7) is 7.55. The van der Waals surface area contributed by atoms with Crippen molar-refractivity contribution in [2.24, 2.45) is 4.99 Å². The SMILES string of the molecule is CCNC(=NCc1ccnc(-n2ccnc2)c1)NCCOCC. The molecular formula is C16H24N6O. The van der Waals surface area contributed by atoms with Crippen LogP contribution in [0.4, 0.5) is 0 Å². The molecule has 0 spiro atoms. The fourth-order valence-corrected chi connectivity index (χ4v) is 1.99. The molecular weight excluding hydrogens is 292 g/mol. The number of nitrogens with zero attached hydrogens (tertiary/aromatic N) is 4. The van der Waals surface area contributed by atoms with Gasteiger partial charge < -0.3 is 15.4 Å².